The summed E-state index contributed by atoms with van der Waals surface area (Å²) in [7, 11) is 0. The molecule has 0 spiro atoms. The molecule has 0 aromatic carbocycles. The number of carbonyl (C=O) groups is 2. The lowest BCUT2D eigenvalue weighted by atomic mass is 10.1. The highest BCUT2D eigenvalue weighted by molar-refractivity contribution is 5.82. The van der Waals surface area contributed by atoms with Crippen LogP contribution in [-0.2, 0) is 14.4 Å². The van der Waals surface area contributed by atoms with E-state index >= 15 is 0 Å². The van der Waals surface area contributed by atoms with Crippen molar-refractivity contribution in [1.82, 2.24) is 10.4 Å². The van der Waals surface area contributed by atoms with E-state index in [0.717, 1.165) is 0 Å². The molecule has 1 heterocycles. The molecule has 0 radical (unpaired) electrons. The van der Waals surface area contributed by atoms with Gasteiger partial charge in [-0.15, -0.1) is 0 Å². The molecule has 1 aliphatic rings. The Morgan fingerprint density at radius 1 is 1.56 bits per heavy atom. The van der Waals surface area contributed by atoms with Gasteiger partial charge in [0, 0.05) is 12.5 Å². The third-order valence-electron chi connectivity index (χ3n) is 2.40. The molecule has 0 saturated carbocycles. The van der Waals surface area contributed by atoms with Crippen LogP contribution >= 0.6 is 0 Å². The molecule has 0 bridgehead atoms. The molecule has 0 aromatic rings. The molecule has 1 fully saturated rings. The second-order valence-electron chi connectivity index (χ2n) is 4.38. The first kappa shape index (κ1) is 14.7. The predicted molar refractivity (Wildman–Crippen MR) is 55.1 cm³/mol. The second kappa shape index (κ2) is 5.55. The van der Waals surface area contributed by atoms with Gasteiger partial charge in [0.15, 0.2) is 0 Å². The third-order valence-corrected chi connectivity index (χ3v) is 2.40. The van der Waals surface area contributed by atoms with Crippen molar-refractivity contribution in [3.8, 4) is 0 Å². The van der Waals surface area contributed by atoms with Gasteiger partial charge in [0.1, 0.15) is 6.54 Å². The summed E-state index contributed by atoms with van der Waals surface area (Å²) >= 11 is 0. The Balaban J connectivity index is 2.43. The monoisotopic (exact) mass is 268 g/mol. The summed E-state index contributed by atoms with van der Waals surface area (Å²) in [5, 5.41) is 2.79. The average Bonchev–Trinajstić information content (AvgIpc) is 2.55. The minimum Gasteiger partial charge on any atom is -0.355 e. The topological polar surface area (TPSA) is 58.6 Å². The molecule has 1 rings (SSSR count). The highest BCUT2D eigenvalue weighted by Crippen LogP contribution is 2.22. The van der Waals surface area contributed by atoms with Crippen molar-refractivity contribution in [3.63, 3.8) is 0 Å². The zero-order chi connectivity index (χ0) is 13.9. The zero-order valence-electron chi connectivity index (χ0n) is 10.1. The standard InChI is InChI=1S/C10H15F3N2O3/c1-6(2)8(16)14-3-7-4-18-15(9(7)17)5-10(11,12)13/h6-7H,3-5H2,1-2H3,(H,14,16)/t7-/m0/s1. The number of hydrogen-bond donors (Lipinski definition) is 1. The molecule has 1 aliphatic heterocycles. The van der Waals surface area contributed by atoms with Crippen molar-refractivity contribution in [2.45, 2.75) is 20.0 Å². The van der Waals surface area contributed by atoms with E-state index in [1.54, 1.807) is 13.8 Å². The van der Waals surface area contributed by atoms with E-state index in [9.17, 15) is 22.8 Å². The van der Waals surface area contributed by atoms with Gasteiger partial charge in [-0.2, -0.15) is 13.2 Å². The normalized spacial score (nSPS) is 20.7. The molecule has 0 aromatic heterocycles. The molecule has 8 heteroatoms. The summed E-state index contributed by atoms with van der Waals surface area (Å²) in [6.07, 6.45) is -4.49. The molecule has 1 atom stereocenters. The Kier molecular flexibility index (Phi) is 4.55. The van der Waals surface area contributed by atoms with E-state index in [2.05, 4.69) is 10.2 Å². The SMILES string of the molecule is CC(C)C(=O)NC[C@H]1CON(CC(F)(F)F)C1=O. The molecule has 1 saturated heterocycles. The second-order valence-corrected chi connectivity index (χ2v) is 4.38. The van der Waals surface area contributed by atoms with Crippen molar-refractivity contribution in [1.29, 1.82) is 0 Å². The number of carbonyl (C=O) groups excluding carboxylic acids is 2. The van der Waals surface area contributed by atoms with Gasteiger partial charge in [-0.3, -0.25) is 14.4 Å². The fourth-order valence-electron chi connectivity index (χ4n) is 1.38. The van der Waals surface area contributed by atoms with Crippen LogP contribution in [0.3, 0.4) is 0 Å². The number of nitrogens with one attached hydrogen (secondary N) is 1. The summed E-state index contributed by atoms with van der Waals surface area (Å²) in [6.45, 7) is 1.77. The molecule has 5 nitrogen and oxygen atoms in total. The van der Waals surface area contributed by atoms with Crippen LogP contribution in [0.2, 0.25) is 0 Å². The van der Waals surface area contributed by atoms with Crippen LogP contribution in [0.4, 0.5) is 13.2 Å². The maximum Gasteiger partial charge on any atom is 0.408 e. The predicted octanol–water partition coefficient (Wildman–Crippen LogP) is 0.711. The lowest BCUT2D eigenvalue weighted by Gasteiger charge is -2.16. The number of hydroxylamine groups is 2. The van der Waals surface area contributed by atoms with Crippen molar-refractivity contribution < 1.29 is 27.6 Å². The largest absolute Gasteiger partial charge is 0.408 e. The summed E-state index contributed by atoms with van der Waals surface area (Å²) in [5.74, 6) is -2.00. The summed E-state index contributed by atoms with van der Waals surface area (Å²) in [5.41, 5.74) is 0. The Morgan fingerprint density at radius 3 is 2.67 bits per heavy atom. The fourth-order valence-corrected chi connectivity index (χ4v) is 1.38. The molecule has 2 amide bonds. The van der Waals surface area contributed by atoms with Crippen molar-refractivity contribution in [3.05, 3.63) is 0 Å². The van der Waals surface area contributed by atoms with Gasteiger partial charge < -0.3 is 5.32 Å². The van der Waals surface area contributed by atoms with Crippen LogP contribution in [0.1, 0.15) is 13.8 Å². The van der Waals surface area contributed by atoms with E-state index in [1.165, 1.54) is 0 Å². The minimum absolute atomic E-state index is 0.00972. The van der Waals surface area contributed by atoms with E-state index in [0.29, 0.717) is 5.06 Å². The van der Waals surface area contributed by atoms with Gasteiger partial charge in [-0.05, 0) is 0 Å². The van der Waals surface area contributed by atoms with Gasteiger partial charge in [0.05, 0.1) is 12.5 Å². The van der Waals surface area contributed by atoms with Crippen LogP contribution in [0, 0.1) is 11.8 Å². The van der Waals surface area contributed by atoms with E-state index in [1.807, 2.05) is 0 Å². The van der Waals surface area contributed by atoms with Gasteiger partial charge in [0.25, 0.3) is 5.91 Å². The van der Waals surface area contributed by atoms with Crippen molar-refractivity contribution >= 4 is 11.8 Å². The van der Waals surface area contributed by atoms with Crippen molar-refractivity contribution in [2.24, 2.45) is 11.8 Å². The van der Waals surface area contributed by atoms with E-state index < -0.39 is 24.5 Å². The van der Waals surface area contributed by atoms with Gasteiger partial charge in [-0.25, -0.2) is 5.06 Å². The van der Waals surface area contributed by atoms with E-state index in [4.69, 9.17) is 0 Å². The molecule has 1 N–H and O–H groups in total. The van der Waals surface area contributed by atoms with Crippen LogP contribution in [0.15, 0.2) is 0 Å². The highest BCUT2D eigenvalue weighted by Gasteiger charge is 2.40. The lowest BCUT2D eigenvalue weighted by Crippen LogP contribution is -2.39. The number of hydrogen-bond acceptors (Lipinski definition) is 3. The number of amides is 2. The van der Waals surface area contributed by atoms with Gasteiger partial charge in [0.2, 0.25) is 5.91 Å². The molecular weight excluding hydrogens is 253 g/mol. The molecule has 104 valence electrons. The number of rotatable bonds is 4. The summed E-state index contributed by atoms with van der Waals surface area (Å²) in [4.78, 5) is 27.4. The first-order valence-electron chi connectivity index (χ1n) is 5.49. The maximum atomic E-state index is 12.1. The van der Waals surface area contributed by atoms with E-state index in [-0.39, 0.29) is 25.0 Å². The van der Waals surface area contributed by atoms with Gasteiger partial charge in [-0.1, -0.05) is 13.8 Å². The van der Waals surface area contributed by atoms with Crippen LogP contribution < -0.4 is 5.32 Å². The zero-order valence-corrected chi connectivity index (χ0v) is 10.1. The molecule has 18 heavy (non-hydrogen) atoms. The Hall–Kier alpha value is -1.31. The quantitative estimate of drug-likeness (QED) is 0.817. The fraction of sp³-hybridized carbons (Fsp3) is 0.800. The highest BCUT2D eigenvalue weighted by atomic mass is 19.4. The maximum absolute atomic E-state index is 12.1. The number of alkyl halides is 3. The Bertz CT molecular complexity index is 331. The first-order chi connectivity index (χ1) is 8.20. The van der Waals surface area contributed by atoms with Crippen LogP contribution in [-0.4, -0.2) is 42.8 Å². The Morgan fingerprint density at radius 2 is 2.17 bits per heavy atom. The van der Waals surface area contributed by atoms with Gasteiger partial charge >= 0.3 is 6.18 Å². The lowest BCUT2D eigenvalue weighted by molar-refractivity contribution is -0.214. The smallest absolute Gasteiger partial charge is 0.355 e. The number of halogens is 3. The van der Waals surface area contributed by atoms with Crippen LogP contribution in [0.5, 0.6) is 0 Å². The van der Waals surface area contributed by atoms with Crippen LogP contribution in [0.25, 0.3) is 0 Å². The molecule has 0 unspecified atom stereocenters. The molecule has 0 aliphatic carbocycles. The summed E-state index contributed by atoms with van der Waals surface area (Å²) in [6, 6.07) is 0. The summed E-state index contributed by atoms with van der Waals surface area (Å²) < 4.78 is 36.3. The first-order valence-corrected chi connectivity index (χ1v) is 5.49. The average molecular weight is 268 g/mol. The molecular formula is C10H15F3N2O3. The Labute approximate surface area is 102 Å². The third kappa shape index (κ3) is 4.17. The van der Waals surface area contributed by atoms with Crippen molar-refractivity contribution in [2.75, 3.05) is 19.7 Å². The number of nitrogens with zero attached hydrogens (tertiary/aromatic N) is 1. The minimum atomic E-state index is -4.49.